The van der Waals surface area contributed by atoms with Crippen molar-refractivity contribution in [3.05, 3.63) is 29.3 Å². The van der Waals surface area contributed by atoms with E-state index in [1.807, 2.05) is 0 Å². The number of carboxylic acid groups (broad SMARTS) is 1. The number of rotatable bonds is 5. The van der Waals surface area contributed by atoms with E-state index in [0.29, 0.717) is 0 Å². The molecule has 6 heteroatoms. The van der Waals surface area contributed by atoms with Crippen LogP contribution in [0.4, 0.5) is 5.69 Å². The lowest BCUT2D eigenvalue weighted by Crippen LogP contribution is -2.43. The Balaban J connectivity index is 2.01. The van der Waals surface area contributed by atoms with E-state index in [1.54, 1.807) is 26.0 Å². The second kappa shape index (κ2) is 7.26. The zero-order valence-corrected chi connectivity index (χ0v) is 13.4. The second-order valence-corrected chi connectivity index (χ2v) is 6.06. The van der Waals surface area contributed by atoms with Crippen LogP contribution in [-0.4, -0.2) is 28.9 Å². The summed E-state index contributed by atoms with van der Waals surface area (Å²) < 4.78 is 0. The highest BCUT2D eigenvalue weighted by Crippen LogP contribution is 2.24. The van der Waals surface area contributed by atoms with Crippen molar-refractivity contribution in [2.24, 2.45) is 5.92 Å². The number of benzene rings is 1. The first-order valence-electron chi connectivity index (χ1n) is 7.83. The monoisotopic (exact) mass is 318 g/mol. The van der Waals surface area contributed by atoms with Crippen LogP contribution in [-0.2, 0) is 9.59 Å². The minimum Gasteiger partial charge on any atom is -0.478 e. The molecule has 0 heterocycles. The van der Waals surface area contributed by atoms with Crippen LogP contribution in [0.15, 0.2) is 18.2 Å². The van der Waals surface area contributed by atoms with Gasteiger partial charge in [-0.2, -0.15) is 0 Å². The van der Waals surface area contributed by atoms with Gasteiger partial charge in [0.05, 0.1) is 11.3 Å². The van der Waals surface area contributed by atoms with Gasteiger partial charge < -0.3 is 15.7 Å². The molecule has 1 aromatic carbocycles. The van der Waals surface area contributed by atoms with E-state index in [-0.39, 0.29) is 23.1 Å². The van der Waals surface area contributed by atoms with Gasteiger partial charge in [0.25, 0.3) is 0 Å². The fourth-order valence-corrected chi connectivity index (χ4v) is 2.77. The van der Waals surface area contributed by atoms with Crippen molar-refractivity contribution in [2.45, 2.75) is 45.6 Å². The fraction of sp³-hybridized carbons (Fsp3) is 0.471. The van der Waals surface area contributed by atoms with E-state index >= 15 is 0 Å². The first-order valence-corrected chi connectivity index (χ1v) is 7.83. The molecule has 0 saturated heterocycles. The molecule has 0 radical (unpaired) electrons. The van der Waals surface area contributed by atoms with Gasteiger partial charge in [0.2, 0.25) is 11.8 Å². The lowest BCUT2D eigenvalue weighted by molar-refractivity contribution is -0.128. The number of amides is 2. The Morgan fingerprint density at radius 1 is 1.22 bits per heavy atom. The van der Waals surface area contributed by atoms with Crippen molar-refractivity contribution in [3.63, 3.8) is 0 Å². The molecule has 0 aromatic heterocycles. The second-order valence-electron chi connectivity index (χ2n) is 6.06. The van der Waals surface area contributed by atoms with Crippen molar-refractivity contribution in [1.82, 2.24) is 5.32 Å². The standard InChI is InChI=1S/C17H22N2O4/c1-10-7-8-14(13(9-10)17(22)23)19-15(20)11(2)18-16(21)12-5-3-4-6-12/h7-9,11-12H,3-6H2,1-2H3,(H,18,21)(H,19,20)(H,22,23). The van der Waals surface area contributed by atoms with Crippen molar-refractivity contribution in [3.8, 4) is 0 Å². The Bertz CT molecular complexity index is 621. The van der Waals surface area contributed by atoms with E-state index < -0.39 is 17.9 Å². The molecule has 1 unspecified atom stereocenters. The van der Waals surface area contributed by atoms with Gasteiger partial charge in [0.15, 0.2) is 0 Å². The van der Waals surface area contributed by atoms with E-state index in [1.165, 1.54) is 6.07 Å². The molecule has 23 heavy (non-hydrogen) atoms. The average Bonchev–Trinajstić information content (AvgIpc) is 3.03. The molecule has 2 amide bonds. The molecule has 0 bridgehead atoms. The molecule has 6 nitrogen and oxygen atoms in total. The Morgan fingerprint density at radius 2 is 1.87 bits per heavy atom. The average molecular weight is 318 g/mol. The van der Waals surface area contributed by atoms with Crippen molar-refractivity contribution >= 4 is 23.5 Å². The molecular weight excluding hydrogens is 296 g/mol. The fourth-order valence-electron chi connectivity index (χ4n) is 2.77. The van der Waals surface area contributed by atoms with E-state index in [4.69, 9.17) is 0 Å². The zero-order valence-electron chi connectivity index (χ0n) is 13.4. The lowest BCUT2D eigenvalue weighted by Gasteiger charge is -2.17. The number of hydrogen-bond donors (Lipinski definition) is 3. The summed E-state index contributed by atoms with van der Waals surface area (Å²) in [6.45, 7) is 3.37. The topological polar surface area (TPSA) is 95.5 Å². The highest BCUT2D eigenvalue weighted by Gasteiger charge is 2.26. The van der Waals surface area contributed by atoms with E-state index in [0.717, 1.165) is 31.2 Å². The number of aromatic carboxylic acids is 1. The minimum absolute atomic E-state index is 0.0146. The summed E-state index contributed by atoms with van der Waals surface area (Å²) in [7, 11) is 0. The third-order valence-corrected chi connectivity index (χ3v) is 4.14. The van der Waals surface area contributed by atoms with Crippen LogP contribution in [0.1, 0.15) is 48.5 Å². The van der Waals surface area contributed by atoms with Gasteiger partial charge in [-0.3, -0.25) is 9.59 Å². The van der Waals surface area contributed by atoms with Crippen molar-refractivity contribution in [2.75, 3.05) is 5.32 Å². The van der Waals surface area contributed by atoms with Gasteiger partial charge in [-0.25, -0.2) is 4.79 Å². The summed E-state index contributed by atoms with van der Waals surface area (Å²) in [6, 6.07) is 4.07. The molecule has 3 N–H and O–H groups in total. The Labute approximate surface area is 135 Å². The van der Waals surface area contributed by atoms with E-state index in [2.05, 4.69) is 10.6 Å². The highest BCUT2D eigenvalue weighted by molar-refractivity contribution is 6.03. The number of aryl methyl sites for hydroxylation is 1. The quantitative estimate of drug-likeness (QED) is 0.776. The van der Waals surface area contributed by atoms with E-state index in [9.17, 15) is 19.5 Å². The van der Waals surface area contributed by atoms with Crippen LogP contribution in [0, 0.1) is 12.8 Å². The number of carboxylic acids is 1. The number of carbonyl (C=O) groups excluding carboxylic acids is 2. The molecule has 1 aliphatic carbocycles. The maximum atomic E-state index is 12.2. The van der Waals surface area contributed by atoms with Gasteiger partial charge in [0, 0.05) is 5.92 Å². The molecule has 2 rings (SSSR count). The van der Waals surface area contributed by atoms with Gasteiger partial charge in [-0.05, 0) is 38.8 Å². The van der Waals surface area contributed by atoms with Crippen molar-refractivity contribution in [1.29, 1.82) is 0 Å². The van der Waals surface area contributed by atoms with Crippen LogP contribution in [0.2, 0.25) is 0 Å². The van der Waals surface area contributed by atoms with Gasteiger partial charge in [-0.1, -0.05) is 24.5 Å². The number of carbonyl (C=O) groups is 3. The minimum atomic E-state index is -1.10. The predicted octanol–water partition coefficient (Wildman–Crippen LogP) is 2.33. The largest absolute Gasteiger partial charge is 0.478 e. The number of hydrogen-bond acceptors (Lipinski definition) is 3. The SMILES string of the molecule is Cc1ccc(NC(=O)C(C)NC(=O)C2CCCC2)c(C(=O)O)c1. The Morgan fingerprint density at radius 3 is 2.48 bits per heavy atom. The summed E-state index contributed by atoms with van der Waals surface area (Å²) in [4.78, 5) is 35.5. The van der Waals surface area contributed by atoms with Crippen LogP contribution >= 0.6 is 0 Å². The molecule has 1 atom stereocenters. The van der Waals surface area contributed by atoms with Crippen molar-refractivity contribution < 1.29 is 19.5 Å². The smallest absolute Gasteiger partial charge is 0.337 e. The Kier molecular flexibility index (Phi) is 5.36. The summed E-state index contributed by atoms with van der Waals surface area (Å²) >= 11 is 0. The first-order chi connectivity index (χ1) is 10.9. The third-order valence-electron chi connectivity index (χ3n) is 4.14. The molecular formula is C17H22N2O4. The molecule has 124 valence electrons. The maximum Gasteiger partial charge on any atom is 0.337 e. The predicted molar refractivity (Wildman–Crippen MR) is 86.3 cm³/mol. The molecule has 1 saturated carbocycles. The van der Waals surface area contributed by atoms with Gasteiger partial charge >= 0.3 is 5.97 Å². The van der Waals surface area contributed by atoms with Crippen LogP contribution in [0.5, 0.6) is 0 Å². The highest BCUT2D eigenvalue weighted by atomic mass is 16.4. The summed E-state index contributed by atoms with van der Waals surface area (Å²) in [5, 5.41) is 14.5. The maximum absolute atomic E-state index is 12.2. The van der Waals surface area contributed by atoms with Gasteiger partial charge in [-0.15, -0.1) is 0 Å². The first kappa shape index (κ1) is 17.0. The zero-order chi connectivity index (χ0) is 17.0. The summed E-state index contributed by atoms with van der Waals surface area (Å²) in [5.41, 5.74) is 1.06. The van der Waals surface area contributed by atoms with Crippen LogP contribution in [0.25, 0.3) is 0 Å². The van der Waals surface area contributed by atoms with Crippen LogP contribution in [0.3, 0.4) is 0 Å². The van der Waals surface area contributed by atoms with Gasteiger partial charge in [0.1, 0.15) is 6.04 Å². The normalized spacial score (nSPS) is 15.9. The number of nitrogens with one attached hydrogen (secondary N) is 2. The molecule has 1 fully saturated rings. The molecule has 1 aliphatic rings. The third kappa shape index (κ3) is 4.31. The number of anilines is 1. The summed E-state index contributed by atoms with van der Waals surface area (Å²) in [6.07, 6.45) is 3.82. The molecule has 0 spiro atoms. The molecule has 0 aliphatic heterocycles. The molecule has 1 aromatic rings. The summed E-state index contributed by atoms with van der Waals surface area (Å²) in [5.74, 6) is -1.65. The Hall–Kier alpha value is -2.37. The van der Waals surface area contributed by atoms with Crippen LogP contribution < -0.4 is 10.6 Å². The lowest BCUT2D eigenvalue weighted by atomic mass is 10.1.